The lowest BCUT2D eigenvalue weighted by molar-refractivity contribution is -0.139. The normalized spacial score (nSPS) is 10.7. The summed E-state index contributed by atoms with van der Waals surface area (Å²) in [4.78, 5) is 23.9. The van der Waals surface area contributed by atoms with Crippen LogP contribution in [0.4, 0.5) is 0 Å². The fraction of sp³-hybridized carbons (Fsp3) is 0.125. The average molecular weight is 565 g/mol. The van der Waals surface area contributed by atoms with E-state index < -0.39 is 11.8 Å². The van der Waals surface area contributed by atoms with Crippen molar-refractivity contribution in [1.82, 2.24) is 10.7 Å². The number of hydrogen-bond donors (Lipinski definition) is 2. The second-order valence-electron chi connectivity index (χ2n) is 6.89. The molecule has 0 radical (unpaired) electrons. The van der Waals surface area contributed by atoms with Crippen LogP contribution in [0.3, 0.4) is 0 Å². The Balaban J connectivity index is 1.61. The molecule has 176 valence electrons. The average Bonchev–Trinajstić information content (AvgIpc) is 2.83. The van der Waals surface area contributed by atoms with E-state index in [0.29, 0.717) is 37.1 Å². The van der Waals surface area contributed by atoms with Gasteiger partial charge in [0.25, 0.3) is 0 Å². The standard InChI is InChI=1S/C24H20BrCl2N3O4/c1-33-21-11-16(10-18(25)22(21)34-14-17-19(26)8-5-9-20(17)27)13-29-30-24(32)23(31)28-12-15-6-3-2-4-7-15/h2-11,13H,12,14H2,1H3,(H,28,31)(H,30,32)/b29-13+. The summed E-state index contributed by atoms with van der Waals surface area (Å²) in [5, 5.41) is 7.36. The number of halogens is 3. The Morgan fingerprint density at radius 3 is 2.41 bits per heavy atom. The molecule has 0 aliphatic heterocycles. The molecule has 0 saturated heterocycles. The second-order valence-corrected chi connectivity index (χ2v) is 8.56. The molecule has 0 heterocycles. The van der Waals surface area contributed by atoms with Gasteiger partial charge in [-0.1, -0.05) is 59.6 Å². The van der Waals surface area contributed by atoms with Crippen molar-refractivity contribution >= 4 is 57.2 Å². The van der Waals surface area contributed by atoms with Gasteiger partial charge in [-0.05, 0) is 51.3 Å². The number of nitrogens with one attached hydrogen (secondary N) is 2. The molecule has 0 aliphatic rings. The number of nitrogens with zero attached hydrogens (tertiary/aromatic N) is 1. The lowest BCUT2D eigenvalue weighted by atomic mass is 10.2. The third-order valence-corrected chi connectivity index (χ3v) is 5.85. The Hall–Kier alpha value is -3.07. The third kappa shape index (κ3) is 6.96. The maximum Gasteiger partial charge on any atom is 0.329 e. The number of hydrogen-bond acceptors (Lipinski definition) is 5. The minimum absolute atomic E-state index is 0.134. The molecule has 3 rings (SSSR count). The quantitative estimate of drug-likeness (QED) is 0.226. The number of methoxy groups -OCH3 is 1. The van der Waals surface area contributed by atoms with E-state index in [1.54, 1.807) is 30.3 Å². The number of carbonyl (C=O) groups excluding carboxylic acids is 2. The lowest BCUT2D eigenvalue weighted by Crippen LogP contribution is -2.37. The molecule has 3 aromatic carbocycles. The van der Waals surface area contributed by atoms with Crippen molar-refractivity contribution in [3.05, 3.63) is 91.9 Å². The predicted octanol–water partition coefficient (Wildman–Crippen LogP) is 5.11. The lowest BCUT2D eigenvalue weighted by Gasteiger charge is -2.14. The molecule has 2 amide bonds. The van der Waals surface area contributed by atoms with Gasteiger partial charge < -0.3 is 14.8 Å². The first-order chi connectivity index (χ1) is 16.4. The van der Waals surface area contributed by atoms with E-state index >= 15 is 0 Å². The van der Waals surface area contributed by atoms with Crippen LogP contribution in [0.15, 0.2) is 70.2 Å². The smallest absolute Gasteiger partial charge is 0.329 e. The number of carbonyl (C=O) groups is 2. The Bertz CT molecular complexity index is 1190. The largest absolute Gasteiger partial charge is 0.493 e. The zero-order chi connectivity index (χ0) is 24.5. The van der Waals surface area contributed by atoms with Crippen molar-refractivity contribution in [2.24, 2.45) is 5.10 Å². The summed E-state index contributed by atoms with van der Waals surface area (Å²) in [6.07, 6.45) is 1.38. The Labute approximate surface area is 215 Å². The SMILES string of the molecule is COc1cc(/C=N/NC(=O)C(=O)NCc2ccccc2)cc(Br)c1OCc1c(Cl)cccc1Cl. The molecule has 7 nitrogen and oxygen atoms in total. The van der Waals surface area contributed by atoms with Crippen molar-refractivity contribution in [3.63, 3.8) is 0 Å². The first-order valence-corrected chi connectivity index (χ1v) is 11.5. The van der Waals surface area contributed by atoms with Gasteiger partial charge in [-0.2, -0.15) is 5.10 Å². The van der Waals surface area contributed by atoms with Gasteiger partial charge >= 0.3 is 11.8 Å². The van der Waals surface area contributed by atoms with E-state index in [2.05, 4.69) is 31.8 Å². The van der Waals surface area contributed by atoms with E-state index in [0.717, 1.165) is 5.56 Å². The van der Waals surface area contributed by atoms with E-state index in [-0.39, 0.29) is 13.2 Å². The van der Waals surface area contributed by atoms with Crippen molar-refractivity contribution in [3.8, 4) is 11.5 Å². The predicted molar refractivity (Wildman–Crippen MR) is 136 cm³/mol. The summed E-state index contributed by atoms with van der Waals surface area (Å²) in [7, 11) is 1.50. The van der Waals surface area contributed by atoms with E-state index in [1.165, 1.54) is 13.3 Å². The van der Waals surface area contributed by atoms with Crippen LogP contribution in [0.2, 0.25) is 10.0 Å². The topological polar surface area (TPSA) is 89.0 Å². The van der Waals surface area contributed by atoms with Crippen LogP contribution in [0.5, 0.6) is 11.5 Å². The molecular weight excluding hydrogens is 545 g/mol. The summed E-state index contributed by atoms with van der Waals surface area (Å²) in [6, 6.07) is 17.9. The molecule has 0 fully saturated rings. The molecule has 0 saturated carbocycles. The van der Waals surface area contributed by atoms with Crippen LogP contribution in [-0.4, -0.2) is 25.1 Å². The summed E-state index contributed by atoms with van der Waals surface area (Å²) < 4.78 is 11.9. The fourth-order valence-electron chi connectivity index (χ4n) is 2.84. The van der Waals surface area contributed by atoms with E-state index in [4.69, 9.17) is 32.7 Å². The van der Waals surface area contributed by atoms with Crippen molar-refractivity contribution < 1.29 is 19.1 Å². The van der Waals surface area contributed by atoms with Gasteiger partial charge in [0.15, 0.2) is 11.5 Å². The second kappa shape index (κ2) is 12.4. The van der Waals surface area contributed by atoms with Gasteiger partial charge in [0, 0.05) is 22.2 Å². The zero-order valence-corrected chi connectivity index (χ0v) is 21.1. The number of rotatable bonds is 8. The first-order valence-electron chi connectivity index (χ1n) is 9.97. The van der Waals surface area contributed by atoms with Gasteiger partial charge in [0.05, 0.1) is 17.8 Å². The minimum Gasteiger partial charge on any atom is -0.493 e. The summed E-state index contributed by atoms with van der Waals surface area (Å²) in [5.41, 5.74) is 4.32. The van der Waals surface area contributed by atoms with Gasteiger partial charge in [-0.15, -0.1) is 0 Å². The van der Waals surface area contributed by atoms with Crippen molar-refractivity contribution in [2.45, 2.75) is 13.2 Å². The molecule has 2 N–H and O–H groups in total. The highest BCUT2D eigenvalue weighted by Crippen LogP contribution is 2.37. The number of hydrazone groups is 1. The Morgan fingerprint density at radius 2 is 1.74 bits per heavy atom. The van der Waals surface area contributed by atoms with Crippen molar-refractivity contribution in [2.75, 3.05) is 7.11 Å². The number of ether oxygens (including phenoxy) is 2. The fourth-order valence-corrected chi connectivity index (χ4v) is 3.92. The first kappa shape index (κ1) is 25.6. The number of benzene rings is 3. The highest BCUT2D eigenvalue weighted by Gasteiger charge is 2.15. The number of amides is 2. The molecule has 34 heavy (non-hydrogen) atoms. The van der Waals surface area contributed by atoms with Gasteiger partial charge in [0.1, 0.15) is 6.61 Å². The molecule has 3 aromatic rings. The van der Waals surface area contributed by atoms with Crippen LogP contribution in [0.25, 0.3) is 0 Å². The van der Waals surface area contributed by atoms with Crippen LogP contribution >= 0.6 is 39.1 Å². The molecule has 0 atom stereocenters. The Kier molecular flexibility index (Phi) is 9.33. The molecule has 0 aliphatic carbocycles. The van der Waals surface area contributed by atoms with Crippen LogP contribution in [0, 0.1) is 0 Å². The summed E-state index contributed by atoms with van der Waals surface area (Å²) in [5.74, 6) is -0.803. The van der Waals surface area contributed by atoms with Crippen molar-refractivity contribution in [1.29, 1.82) is 0 Å². The molecular formula is C24H20BrCl2N3O4. The monoisotopic (exact) mass is 563 g/mol. The third-order valence-electron chi connectivity index (χ3n) is 4.56. The molecule has 10 heteroatoms. The van der Waals surface area contributed by atoms with E-state index in [9.17, 15) is 9.59 Å². The van der Waals surface area contributed by atoms with Gasteiger partial charge in [0.2, 0.25) is 0 Å². The van der Waals surface area contributed by atoms with Gasteiger partial charge in [-0.3, -0.25) is 9.59 Å². The molecule has 0 spiro atoms. The minimum atomic E-state index is -0.880. The van der Waals surface area contributed by atoms with Gasteiger partial charge in [-0.25, -0.2) is 5.43 Å². The van der Waals surface area contributed by atoms with Crippen LogP contribution in [-0.2, 0) is 22.7 Å². The summed E-state index contributed by atoms with van der Waals surface area (Å²) >= 11 is 15.9. The zero-order valence-electron chi connectivity index (χ0n) is 18.0. The maximum absolute atomic E-state index is 12.0. The Morgan fingerprint density at radius 1 is 1.03 bits per heavy atom. The highest BCUT2D eigenvalue weighted by atomic mass is 79.9. The molecule has 0 bridgehead atoms. The van der Waals surface area contributed by atoms with E-state index in [1.807, 2.05) is 30.3 Å². The molecule has 0 aromatic heterocycles. The highest BCUT2D eigenvalue weighted by molar-refractivity contribution is 9.10. The van der Waals surface area contributed by atoms with Crippen LogP contribution in [0.1, 0.15) is 16.7 Å². The van der Waals surface area contributed by atoms with Crippen LogP contribution < -0.4 is 20.2 Å². The summed E-state index contributed by atoms with van der Waals surface area (Å²) in [6.45, 7) is 0.372. The maximum atomic E-state index is 12.0. The molecule has 0 unspecified atom stereocenters.